The first-order valence-corrected chi connectivity index (χ1v) is 6.84. The first-order valence-electron chi connectivity index (χ1n) is 5.85. The Hall–Kier alpha value is -1.94. The Morgan fingerprint density at radius 1 is 1.21 bits per heavy atom. The molecule has 3 nitrogen and oxygen atoms in total. The Morgan fingerprint density at radius 3 is 2.74 bits per heavy atom. The zero-order chi connectivity index (χ0) is 13.7. The number of ether oxygens (including phenoxy) is 1. The molecule has 0 saturated carbocycles. The van der Waals surface area contributed by atoms with Crippen LogP contribution in [0.4, 0.5) is 0 Å². The van der Waals surface area contributed by atoms with Crippen molar-refractivity contribution >= 4 is 17.7 Å². The van der Waals surface area contributed by atoms with Crippen molar-refractivity contribution in [3.05, 3.63) is 59.7 Å². The standard InChI is InChI=1S/C15H15NO2S/c1-18-12-6-4-7-13(9-12)19-10-11-5-2-3-8-14(11)15(16)17/h2-9H,10H2,1H3,(H2,16,17). The molecule has 0 aliphatic heterocycles. The van der Waals surface area contributed by atoms with Crippen LogP contribution in [-0.2, 0) is 5.75 Å². The van der Waals surface area contributed by atoms with E-state index in [1.165, 1.54) is 0 Å². The van der Waals surface area contributed by atoms with E-state index in [1.54, 1.807) is 24.9 Å². The van der Waals surface area contributed by atoms with Crippen LogP contribution in [0.15, 0.2) is 53.4 Å². The number of carbonyl (C=O) groups is 1. The first kappa shape index (κ1) is 13.5. The van der Waals surface area contributed by atoms with Crippen LogP contribution in [0.1, 0.15) is 15.9 Å². The third-order valence-corrected chi connectivity index (χ3v) is 3.76. The van der Waals surface area contributed by atoms with Gasteiger partial charge >= 0.3 is 0 Å². The van der Waals surface area contributed by atoms with Crippen molar-refractivity contribution in [2.45, 2.75) is 10.6 Å². The summed E-state index contributed by atoms with van der Waals surface area (Å²) in [6, 6.07) is 15.2. The maximum Gasteiger partial charge on any atom is 0.249 e. The third kappa shape index (κ3) is 3.51. The van der Waals surface area contributed by atoms with Gasteiger partial charge in [-0.05, 0) is 29.8 Å². The van der Waals surface area contributed by atoms with E-state index in [1.807, 2.05) is 42.5 Å². The Balaban J connectivity index is 2.12. The molecule has 0 aliphatic carbocycles. The van der Waals surface area contributed by atoms with Crippen molar-refractivity contribution in [3.63, 3.8) is 0 Å². The molecular formula is C15H15NO2S. The molecule has 2 aromatic carbocycles. The largest absolute Gasteiger partial charge is 0.497 e. The molecule has 0 heterocycles. The minimum atomic E-state index is -0.387. The number of nitrogens with two attached hydrogens (primary N) is 1. The summed E-state index contributed by atoms with van der Waals surface area (Å²) in [4.78, 5) is 12.4. The van der Waals surface area contributed by atoms with Crippen LogP contribution in [-0.4, -0.2) is 13.0 Å². The highest BCUT2D eigenvalue weighted by atomic mass is 32.2. The minimum Gasteiger partial charge on any atom is -0.497 e. The summed E-state index contributed by atoms with van der Waals surface area (Å²) in [5, 5.41) is 0. The molecule has 2 N–H and O–H groups in total. The molecule has 98 valence electrons. The van der Waals surface area contributed by atoms with Crippen LogP contribution in [0.25, 0.3) is 0 Å². The zero-order valence-electron chi connectivity index (χ0n) is 10.6. The van der Waals surface area contributed by atoms with Crippen molar-refractivity contribution in [2.24, 2.45) is 5.73 Å². The summed E-state index contributed by atoms with van der Waals surface area (Å²) in [6.45, 7) is 0. The average molecular weight is 273 g/mol. The molecular weight excluding hydrogens is 258 g/mol. The van der Waals surface area contributed by atoms with E-state index in [9.17, 15) is 4.79 Å². The Morgan fingerprint density at radius 2 is 2.00 bits per heavy atom. The molecule has 2 rings (SSSR count). The summed E-state index contributed by atoms with van der Waals surface area (Å²) in [5.41, 5.74) is 6.89. The predicted octanol–water partition coefficient (Wildman–Crippen LogP) is 3.09. The summed E-state index contributed by atoms with van der Waals surface area (Å²) in [6.07, 6.45) is 0. The van der Waals surface area contributed by atoms with Crippen LogP contribution in [0, 0.1) is 0 Å². The van der Waals surface area contributed by atoms with Gasteiger partial charge in [0.15, 0.2) is 0 Å². The average Bonchev–Trinajstić information content (AvgIpc) is 2.45. The van der Waals surface area contributed by atoms with E-state index >= 15 is 0 Å². The summed E-state index contributed by atoms with van der Waals surface area (Å²) in [5.74, 6) is 1.14. The van der Waals surface area contributed by atoms with Crippen molar-refractivity contribution < 1.29 is 9.53 Å². The molecule has 0 atom stereocenters. The lowest BCUT2D eigenvalue weighted by atomic mass is 10.1. The molecule has 0 unspecified atom stereocenters. The van der Waals surface area contributed by atoms with E-state index < -0.39 is 0 Å². The molecule has 19 heavy (non-hydrogen) atoms. The normalized spacial score (nSPS) is 10.2. The van der Waals surface area contributed by atoms with Crippen LogP contribution in [0.3, 0.4) is 0 Å². The highest BCUT2D eigenvalue weighted by molar-refractivity contribution is 7.98. The van der Waals surface area contributed by atoms with Gasteiger partial charge in [-0.3, -0.25) is 4.79 Å². The molecule has 0 fully saturated rings. The van der Waals surface area contributed by atoms with Gasteiger partial charge in [0.1, 0.15) is 5.75 Å². The number of rotatable bonds is 5. The second-order valence-electron chi connectivity index (χ2n) is 3.99. The second kappa shape index (κ2) is 6.29. The molecule has 0 saturated heterocycles. The van der Waals surface area contributed by atoms with E-state index in [4.69, 9.17) is 10.5 Å². The number of primary amides is 1. The van der Waals surface area contributed by atoms with Gasteiger partial charge in [0.05, 0.1) is 7.11 Å². The lowest BCUT2D eigenvalue weighted by Crippen LogP contribution is -2.13. The summed E-state index contributed by atoms with van der Waals surface area (Å²) in [7, 11) is 1.65. The van der Waals surface area contributed by atoms with Gasteiger partial charge in [-0.1, -0.05) is 24.3 Å². The Kier molecular flexibility index (Phi) is 4.47. The molecule has 0 aromatic heterocycles. The van der Waals surface area contributed by atoms with Gasteiger partial charge in [0.2, 0.25) is 5.91 Å². The van der Waals surface area contributed by atoms with Gasteiger partial charge in [-0.2, -0.15) is 0 Å². The van der Waals surface area contributed by atoms with Gasteiger partial charge in [-0.25, -0.2) is 0 Å². The smallest absolute Gasteiger partial charge is 0.249 e. The van der Waals surface area contributed by atoms with Gasteiger partial charge in [-0.15, -0.1) is 11.8 Å². The van der Waals surface area contributed by atoms with E-state index in [0.717, 1.165) is 16.2 Å². The number of hydrogen-bond acceptors (Lipinski definition) is 3. The highest BCUT2D eigenvalue weighted by Crippen LogP contribution is 2.27. The zero-order valence-corrected chi connectivity index (χ0v) is 11.4. The van der Waals surface area contributed by atoms with E-state index in [-0.39, 0.29) is 5.91 Å². The molecule has 1 amide bonds. The molecule has 0 radical (unpaired) electrons. The molecule has 2 aromatic rings. The fourth-order valence-electron chi connectivity index (χ4n) is 1.74. The van der Waals surface area contributed by atoms with E-state index in [2.05, 4.69) is 0 Å². The Labute approximate surface area is 116 Å². The maximum atomic E-state index is 11.3. The minimum absolute atomic E-state index is 0.387. The fraction of sp³-hybridized carbons (Fsp3) is 0.133. The SMILES string of the molecule is COc1cccc(SCc2ccccc2C(N)=O)c1. The molecule has 4 heteroatoms. The van der Waals surface area contributed by atoms with Crippen LogP contribution >= 0.6 is 11.8 Å². The summed E-state index contributed by atoms with van der Waals surface area (Å²) >= 11 is 1.65. The number of methoxy groups -OCH3 is 1. The predicted molar refractivity (Wildman–Crippen MR) is 77.5 cm³/mol. The monoisotopic (exact) mass is 273 g/mol. The Bertz CT molecular complexity index is 584. The van der Waals surface area contributed by atoms with Crippen molar-refractivity contribution in [1.29, 1.82) is 0 Å². The molecule has 0 aliphatic rings. The van der Waals surface area contributed by atoms with E-state index in [0.29, 0.717) is 11.3 Å². The van der Waals surface area contributed by atoms with Crippen molar-refractivity contribution in [2.75, 3.05) is 7.11 Å². The van der Waals surface area contributed by atoms with Crippen LogP contribution < -0.4 is 10.5 Å². The number of amides is 1. The first-order chi connectivity index (χ1) is 9.20. The van der Waals surface area contributed by atoms with Gasteiger partial charge in [0.25, 0.3) is 0 Å². The molecule has 0 spiro atoms. The maximum absolute atomic E-state index is 11.3. The second-order valence-corrected chi connectivity index (χ2v) is 5.04. The summed E-state index contributed by atoms with van der Waals surface area (Å²) < 4.78 is 5.18. The third-order valence-electron chi connectivity index (χ3n) is 2.72. The molecule has 0 bridgehead atoms. The lowest BCUT2D eigenvalue weighted by molar-refractivity contribution is 0.0999. The van der Waals surface area contributed by atoms with Crippen LogP contribution in [0.2, 0.25) is 0 Å². The number of hydrogen-bond donors (Lipinski definition) is 1. The van der Waals surface area contributed by atoms with Gasteiger partial charge < -0.3 is 10.5 Å². The topological polar surface area (TPSA) is 52.3 Å². The quantitative estimate of drug-likeness (QED) is 0.852. The highest BCUT2D eigenvalue weighted by Gasteiger charge is 2.07. The lowest BCUT2D eigenvalue weighted by Gasteiger charge is -2.07. The number of benzene rings is 2. The number of thioether (sulfide) groups is 1. The fourth-order valence-corrected chi connectivity index (χ4v) is 2.69. The van der Waals surface area contributed by atoms with Crippen LogP contribution in [0.5, 0.6) is 5.75 Å². The van der Waals surface area contributed by atoms with Crippen molar-refractivity contribution in [1.82, 2.24) is 0 Å². The van der Waals surface area contributed by atoms with Crippen molar-refractivity contribution in [3.8, 4) is 5.75 Å². The van der Waals surface area contributed by atoms with Gasteiger partial charge in [0, 0.05) is 16.2 Å². The number of carbonyl (C=O) groups excluding carboxylic acids is 1.